The number of allylic oxidation sites excluding steroid dienone is 3. The van der Waals surface area contributed by atoms with Crippen LogP contribution in [0.5, 0.6) is 0 Å². The molecule has 0 heterocycles. The molecule has 0 aliphatic heterocycles. The molecule has 1 radical (unpaired) electrons. The second-order valence-corrected chi connectivity index (χ2v) is 4.83. The second-order valence-electron chi connectivity index (χ2n) is 4.83. The molecular weight excluding hydrogens is 245 g/mol. The van der Waals surface area contributed by atoms with E-state index in [0.29, 0.717) is 5.41 Å². The monoisotopic (exact) mass is 264 g/mol. The van der Waals surface area contributed by atoms with Gasteiger partial charge in [0, 0.05) is 32.7 Å². The van der Waals surface area contributed by atoms with Crippen LogP contribution >= 0.6 is 0 Å². The first kappa shape index (κ1) is 12.7. The minimum absolute atomic E-state index is 0. The van der Waals surface area contributed by atoms with E-state index in [2.05, 4.69) is 26.5 Å². The zero-order valence-electron chi connectivity index (χ0n) is 9.40. The SMILES string of the molecule is C=C1CCC[C@@H]2C(C)=[C-]CC[C@@]12C.[Y]. The maximum Gasteiger partial charge on any atom is 0 e. The number of rotatable bonds is 0. The van der Waals surface area contributed by atoms with Gasteiger partial charge in [-0.05, 0) is 30.6 Å². The molecule has 14 heavy (non-hydrogen) atoms. The van der Waals surface area contributed by atoms with Gasteiger partial charge in [-0.2, -0.15) is 6.42 Å². The van der Waals surface area contributed by atoms with Gasteiger partial charge in [-0.1, -0.05) is 32.4 Å². The van der Waals surface area contributed by atoms with Crippen molar-refractivity contribution in [3.63, 3.8) is 0 Å². The van der Waals surface area contributed by atoms with Gasteiger partial charge in [-0.25, -0.2) is 0 Å². The fourth-order valence-corrected chi connectivity index (χ4v) is 3.06. The first-order valence-electron chi connectivity index (χ1n) is 5.40. The Balaban J connectivity index is 0.000000980. The summed E-state index contributed by atoms with van der Waals surface area (Å²) in [5, 5.41) is 0. The van der Waals surface area contributed by atoms with Crippen molar-refractivity contribution in [3.8, 4) is 0 Å². The quantitative estimate of drug-likeness (QED) is 0.460. The summed E-state index contributed by atoms with van der Waals surface area (Å²) in [5.41, 5.74) is 3.40. The Morgan fingerprint density at radius 1 is 1.50 bits per heavy atom. The van der Waals surface area contributed by atoms with E-state index in [4.69, 9.17) is 0 Å². The van der Waals surface area contributed by atoms with Gasteiger partial charge in [0.15, 0.2) is 0 Å². The summed E-state index contributed by atoms with van der Waals surface area (Å²) in [6.45, 7) is 8.92. The smallest absolute Gasteiger partial charge is 0 e. The Hall–Kier alpha value is 0.584. The van der Waals surface area contributed by atoms with Crippen molar-refractivity contribution in [1.29, 1.82) is 0 Å². The standard InChI is InChI=1S/C13H19.Y/c1-10-6-5-9-13(3)11(2)7-4-8-12(10)13;/h12H,2,4-5,7-9H2,1,3H3;/q-1;/t12-,13+;/m1./s1. The van der Waals surface area contributed by atoms with Crippen LogP contribution in [0.1, 0.15) is 46.0 Å². The van der Waals surface area contributed by atoms with Crippen molar-refractivity contribution in [2.45, 2.75) is 46.0 Å². The molecular formula is C13H19Y-. The Morgan fingerprint density at radius 3 is 2.86 bits per heavy atom. The van der Waals surface area contributed by atoms with Crippen LogP contribution in [0.25, 0.3) is 0 Å². The molecule has 0 spiro atoms. The molecule has 0 bridgehead atoms. The van der Waals surface area contributed by atoms with E-state index in [9.17, 15) is 0 Å². The summed E-state index contributed by atoms with van der Waals surface area (Å²) in [6.07, 6.45) is 9.85. The number of fused-ring (bicyclic) bond motifs is 1. The van der Waals surface area contributed by atoms with E-state index >= 15 is 0 Å². The van der Waals surface area contributed by atoms with Crippen LogP contribution in [0.4, 0.5) is 0 Å². The van der Waals surface area contributed by atoms with Crippen molar-refractivity contribution in [2.75, 3.05) is 0 Å². The van der Waals surface area contributed by atoms with E-state index in [1.165, 1.54) is 36.8 Å². The molecule has 0 N–H and O–H groups in total. The molecule has 2 atom stereocenters. The zero-order valence-corrected chi connectivity index (χ0v) is 12.2. The van der Waals surface area contributed by atoms with Crippen molar-refractivity contribution < 1.29 is 32.7 Å². The Labute approximate surface area is 113 Å². The van der Waals surface area contributed by atoms with Gasteiger partial charge in [0.1, 0.15) is 0 Å². The molecule has 75 valence electrons. The molecule has 1 saturated carbocycles. The third-order valence-corrected chi connectivity index (χ3v) is 4.12. The molecule has 1 heteroatoms. The molecule has 2 aliphatic carbocycles. The van der Waals surface area contributed by atoms with Crippen molar-refractivity contribution in [3.05, 3.63) is 23.8 Å². The van der Waals surface area contributed by atoms with Crippen molar-refractivity contribution >= 4 is 0 Å². The van der Waals surface area contributed by atoms with Gasteiger partial charge in [0.05, 0.1) is 0 Å². The summed E-state index contributed by atoms with van der Waals surface area (Å²) in [6, 6.07) is 0. The van der Waals surface area contributed by atoms with Crippen LogP contribution in [0.15, 0.2) is 17.7 Å². The summed E-state index contributed by atoms with van der Waals surface area (Å²) in [4.78, 5) is 0. The van der Waals surface area contributed by atoms with E-state index < -0.39 is 0 Å². The summed E-state index contributed by atoms with van der Waals surface area (Å²) in [5.74, 6) is 0.752. The van der Waals surface area contributed by atoms with Crippen LogP contribution in [-0.4, -0.2) is 0 Å². The second kappa shape index (κ2) is 4.62. The molecule has 2 aliphatic rings. The summed E-state index contributed by atoms with van der Waals surface area (Å²) in [7, 11) is 0. The predicted molar refractivity (Wildman–Crippen MR) is 56.3 cm³/mol. The third-order valence-electron chi connectivity index (χ3n) is 4.12. The molecule has 0 amide bonds. The first-order valence-corrected chi connectivity index (χ1v) is 5.40. The van der Waals surface area contributed by atoms with Crippen LogP contribution in [0, 0.1) is 17.4 Å². The Bertz CT molecular complexity index is 264. The van der Waals surface area contributed by atoms with Crippen molar-refractivity contribution in [1.82, 2.24) is 0 Å². The Morgan fingerprint density at radius 2 is 2.21 bits per heavy atom. The van der Waals surface area contributed by atoms with Gasteiger partial charge in [0.25, 0.3) is 0 Å². The van der Waals surface area contributed by atoms with Gasteiger partial charge in [-0.15, -0.1) is 0 Å². The fraction of sp³-hybridized carbons (Fsp3) is 0.692. The Kier molecular flexibility index (Phi) is 4.17. The minimum Gasteiger partial charge on any atom is -0.497 e. The molecule has 0 aromatic carbocycles. The zero-order chi connectivity index (χ0) is 9.47. The summed E-state index contributed by atoms with van der Waals surface area (Å²) < 4.78 is 0. The van der Waals surface area contributed by atoms with Gasteiger partial charge < -0.3 is 6.08 Å². The van der Waals surface area contributed by atoms with Gasteiger partial charge >= 0.3 is 0 Å². The first-order chi connectivity index (χ1) is 6.14. The third kappa shape index (κ3) is 1.93. The molecule has 0 unspecified atom stereocenters. The minimum atomic E-state index is 0. The van der Waals surface area contributed by atoms with Gasteiger partial charge in [0.2, 0.25) is 0 Å². The van der Waals surface area contributed by atoms with Crippen molar-refractivity contribution in [2.24, 2.45) is 11.3 Å². The average Bonchev–Trinajstić information content (AvgIpc) is 2.08. The number of hydrogen-bond acceptors (Lipinski definition) is 0. The van der Waals surface area contributed by atoms with E-state index in [-0.39, 0.29) is 32.7 Å². The van der Waals surface area contributed by atoms with Gasteiger partial charge in [-0.3, -0.25) is 5.57 Å². The maximum absolute atomic E-state index is 4.26. The maximum atomic E-state index is 4.26. The normalized spacial score (nSPS) is 36.9. The molecule has 0 aromatic rings. The molecule has 1 fully saturated rings. The van der Waals surface area contributed by atoms with E-state index in [0.717, 1.165) is 12.3 Å². The predicted octanol–water partition coefficient (Wildman–Crippen LogP) is 3.89. The molecule has 2 rings (SSSR count). The molecule has 0 saturated heterocycles. The van der Waals surface area contributed by atoms with E-state index in [1.54, 1.807) is 0 Å². The fourth-order valence-electron chi connectivity index (χ4n) is 3.06. The summed E-state index contributed by atoms with van der Waals surface area (Å²) >= 11 is 0. The van der Waals surface area contributed by atoms with Crippen LogP contribution in [-0.2, 0) is 32.7 Å². The van der Waals surface area contributed by atoms with Crippen LogP contribution in [0.2, 0.25) is 0 Å². The van der Waals surface area contributed by atoms with Crippen LogP contribution in [0.3, 0.4) is 0 Å². The molecule has 0 nitrogen and oxygen atoms in total. The van der Waals surface area contributed by atoms with E-state index in [1.807, 2.05) is 0 Å². The topological polar surface area (TPSA) is 0 Å². The number of hydrogen-bond donors (Lipinski definition) is 0. The van der Waals surface area contributed by atoms with Crippen LogP contribution < -0.4 is 0 Å². The molecule has 0 aromatic heterocycles. The largest absolute Gasteiger partial charge is 0.497 e. The average molecular weight is 264 g/mol.